The van der Waals surface area contributed by atoms with E-state index in [1.165, 1.54) is 6.07 Å². The smallest absolute Gasteiger partial charge is 0.336 e. The summed E-state index contributed by atoms with van der Waals surface area (Å²) in [6, 6.07) is 4.70. The molecule has 1 N–H and O–H groups in total. The molecule has 15 heavy (non-hydrogen) atoms. The summed E-state index contributed by atoms with van der Waals surface area (Å²) in [6.45, 7) is 3.49. The van der Waals surface area contributed by atoms with Gasteiger partial charge in [0.15, 0.2) is 5.78 Å². The van der Waals surface area contributed by atoms with Crippen molar-refractivity contribution < 1.29 is 14.7 Å². The zero-order valence-corrected chi connectivity index (χ0v) is 10.0. The summed E-state index contributed by atoms with van der Waals surface area (Å²) in [5.41, 5.74) is 0.295. The first-order valence-corrected chi connectivity index (χ1v) is 5.30. The van der Waals surface area contributed by atoms with E-state index in [1.807, 2.05) is 0 Å². The van der Waals surface area contributed by atoms with Crippen molar-refractivity contribution in [2.45, 2.75) is 13.8 Å². The zero-order chi connectivity index (χ0) is 11.6. The minimum Gasteiger partial charge on any atom is -0.478 e. The monoisotopic (exact) mass is 270 g/mol. The van der Waals surface area contributed by atoms with E-state index in [0.29, 0.717) is 4.47 Å². The fourth-order valence-corrected chi connectivity index (χ4v) is 1.80. The van der Waals surface area contributed by atoms with Crippen LogP contribution in [0.5, 0.6) is 0 Å². The number of carbonyl (C=O) groups is 2. The first-order valence-electron chi connectivity index (χ1n) is 4.51. The Kier molecular flexibility index (Phi) is 3.63. The highest BCUT2D eigenvalue weighted by Crippen LogP contribution is 2.23. The fourth-order valence-electron chi connectivity index (χ4n) is 1.24. The summed E-state index contributed by atoms with van der Waals surface area (Å²) in [5, 5.41) is 8.95. The molecule has 0 atom stereocenters. The second-order valence-corrected chi connectivity index (χ2v) is 4.34. The van der Waals surface area contributed by atoms with E-state index in [1.54, 1.807) is 26.0 Å². The van der Waals surface area contributed by atoms with Gasteiger partial charge in [0, 0.05) is 16.0 Å². The highest BCUT2D eigenvalue weighted by atomic mass is 79.9. The molecule has 1 aromatic rings. The van der Waals surface area contributed by atoms with Gasteiger partial charge in [0.25, 0.3) is 0 Å². The van der Waals surface area contributed by atoms with Crippen LogP contribution < -0.4 is 0 Å². The van der Waals surface area contributed by atoms with Crippen LogP contribution in [0.25, 0.3) is 0 Å². The molecular weight excluding hydrogens is 260 g/mol. The molecule has 0 saturated carbocycles. The van der Waals surface area contributed by atoms with Crippen molar-refractivity contribution in [3.8, 4) is 0 Å². The van der Waals surface area contributed by atoms with Crippen molar-refractivity contribution in [2.24, 2.45) is 5.92 Å². The number of ketones is 1. The standard InChI is InChI=1S/C11H11BrO3/c1-6(2)10(13)9-7(11(14)15)4-3-5-8(9)12/h3-6H,1-2H3,(H,14,15). The number of benzene rings is 1. The number of carbonyl (C=O) groups excluding carboxylic acids is 1. The third-order valence-electron chi connectivity index (χ3n) is 2.01. The molecule has 0 amide bonds. The largest absolute Gasteiger partial charge is 0.478 e. The summed E-state index contributed by atoms with van der Waals surface area (Å²) in [7, 11) is 0. The van der Waals surface area contributed by atoms with Gasteiger partial charge in [-0.05, 0) is 12.1 Å². The number of Topliss-reactive ketones (excluding diaryl/α,β-unsaturated/α-hetero) is 1. The van der Waals surface area contributed by atoms with E-state index in [0.717, 1.165) is 0 Å². The van der Waals surface area contributed by atoms with Crippen LogP contribution in [0.2, 0.25) is 0 Å². The Morgan fingerprint density at radius 3 is 2.40 bits per heavy atom. The minimum absolute atomic E-state index is 0.0445. The van der Waals surface area contributed by atoms with Crippen molar-refractivity contribution in [2.75, 3.05) is 0 Å². The van der Waals surface area contributed by atoms with Gasteiger partial charge < -0.3 is 5.11 Å². The first kappa shape index (κ1) is 11.9. The third kappa shape index (κ3) is 2.45. The van der Waals surface area contributed by atoms with Crippen molar-refractivity contribution in [1.29, 1.82) is 0 Å². The predicted molar refractivity (Wildman–Crippen MR) is 60.3 cm³/mol. The lowest BCUT2D eigenvalue weighted by Gasteiger charge is -2.09. The van der Waals surface area contributed by atoms with Crippen molar-refractivity contribution in [3.05, 3.63) is 33.8 Å². The molecule has 1 rings (SSSR count). The number of carboxylic acid groups (broad SMARTS) is 1. The van der Waals surface area contributed by atoms with Gasteiger partial charge in [0.2, 0.25) is 0 Å². The quantitative estimate of drug-likeness (QED) is 0.860. The molecule has 0 aromatic heterocycles. The van der Waals surface area contributed by atoms with E-state index in [9.17, 15) is 9.59 Å². The molecule has 0 aliphatic carbocycles. The van der Waals surface area contributed by atoms with Crippen LogP contribution in [0.1, 0.15) is 34.6 Å². The van der Waals surface area contributed by atoms with Gasteiger partial charge >= 0.3 is 5.97 Å². The number of hydrogen-bond acceptors (Lipinski definition) is 2. The molecule has 0 unspecified atom stereocenters. The normalized spacial score (nSPS) is 10.4. The molecule has 0 spiro atoms. The third-order valence-corrected chi connectivity index (χ3v) is 2.68. The summed E-state index contributed by atoms with van der Waals surface area (Å²) in [5.74, 6) is -1.47. The molecule has 0 radical (unpaired) electrons. The maximum absolute atomic E-state index is 11.8. The number of hydrogen-bond donors (Lipinski definition) is 1. The van der Waals surface area contributed by atoms with E-state index in [4.69, 9.17) is 5.11 Å². The van der Waals surface area contributed by atoms with Gasteiger partial charge in [0.1, 0.15) is 0 Å². The Morgan fingerprint density at radius 1 is 1.33 bits per heavy atom. The van der Waals surface area contributed by atoms with E-state index < -0.39 is 5.97 Å². The average Bonchev–Trinajstić information content (AvgIpc) is 2.16. The molecular formula is C11H11BrO3. The Labute approximate surface area is 96.2 Å². The maximum Gasteiger partial charge on any atom is 0.336 e. The van der Waals surface area contributed by atoms with E-state index in [-0.39, 0.29) is 22.8 Å². The van der Waals surface area contributed by atoms with Gasteiger partial charge in [-0.15, -0.1) is 0 Å². The van der Waals surface area contributed by atoms with Crippen LogP contribution in [0.15, 0.2) is 22.7 Å². The molecule has 0 heterocycles. The molecule has 0 bridgehead atoms. The van der Waals surface area contributed by atoms with Gasteiger partial charge in [-0.1, -0.05) is 35.8 Å². The maximum atomic E-state index is 11.8. The van der Waals surface area contributed by atoms with Crippen molar-refractivity contribution in [3.63, 3.8) is 0 Å². The fraction of sp³-hybridized carbons (Fsp3) is 0.273. The Bertz CT molecular complexity index is 410. The molecule has 0 aliphatic heterocycles. The minimum atomic E-state index is -1.08. The highest BCUT2D eigenvalue weighted by Gasteiger charge is 2.21. The van der Waals surface area contributed by atoms with Gasteiger partial charge in [0.05, 0.1) is 5.56 Å². The number of rotatable bonds is 3. The summed E-state index contributed by atoms with van der Waals surface area (Å²) < 4.78 is 0.529. The average molecular weight is 271 g/mol. The van der Waals surface area contributed by atoms with Gasteiger partial charge in [-0.25, -0.2) is 4.79 Å². The molecule has 1 aromatic carbocycles. The lowest BCUT2D eigenvalue weighted by Crippen LogP contribution is -2.14. The molecule has 0 fully saturated rings. The van der Waals surface area contributed by atoms with E-state index >= 15 is 0 Å². The van der Waals surface area contributed by atoms with Crippen LogP contribution in [-0.4, -0.2) is 16.9 Å². The molecule has 3 nitrogen and oxygen atoms in total. The van der Waals surface area contributed by atoms with E-state index in [2.05, 4.69) is 15.9 Å². The molecule has 4 heteroatoms. The highest BCUT2D eigenvalue weighted by molar-refractivity contribution is 9.10. The van der Waals surface area contributed by atoms with Crippen LogP contribution in [0, 0.1) is 5.92 Å². The molecule has 80 valence electrons. The van der Waals surface area contributed by atoms with Crippen LogP contribution >= 0.6 is 15.9 Å². The lowest BCUT2D eigenvalue weighted by molar-refractivity contribution is 0.0690. The number of halogens is 1. The Morgan fingerprint density at radius 2 is 1.93 bits per heavy atom. The first-order chi connectivity index (χ1) is 6.95. The SMILES string of the molecule is CC(C)C(=O)c1c(Br)cccc1C(=O)O. The van der Waals surface area contributed by atoms with Crippen LogP contribution in [-0.2, 0) is 0 Å². The zero-order valence-electron chi connectivity index (χ0n) is 8.45. The summed E-state index contributed by atoms with van der Waals surface area (Å²) in [6.07, 6.45) is 0. The lowest BCUT2D eigenvalue weighted by atomic mass is 9.96. The van der Waals surface area contributed by atoms with Gasteiger partial charge in [-0.3, -0.25) is 4.79 Å². The van der Waals surface area contributed by atoms with Crippen LogP contribution in [0.3, 0.4) is 0 Å². The number of carboxylic acids is 1. The predicted octanol–water partition coefficient (Wildman–Crippen LogP) is 2.99. The van der Waals surface area contributed by atoms with Crippen molar-refractivity contribution in [1.82, 2.24) is 0 Å². The molecule has 0 saturated heterocycles. The topological polar surface area (TPSA) is 54.4 Å². The summed E-state index contributed by atoms with van der Waals surface area (Å²) in [4.78, 5) is 22.7. The Balaban J connectivity index is 3.37. The van der Waals surface area contributed by atoms with Crippen molar-refractivity contribution >= 4 is 27.7 Å². The van der Waals surface area contributed by atoms with Gasteiger partial charge in [-0.2, -0.15) is 0 Å². The summed E-state index contributed by atoms with van der Waals surface area (Å²) >= 11 is 3.20. The van der Waals surface area contributed by atoms with Crippen LogP contribution in [0.4, 0.5) is 0 Å². The number of aromatic carboxylic acids is 1. The molecule has 0 aliphatic rings. The second-order valence-electron chi connectivity index (χ2n) is 3.49. The second kappa shape index (κ2) is 4.57. The Hall–Kier alpha value is -1.16.